The van der Waals surface area contributed by atoms with E-state index in [1.54, 1.807) is 13.2 Å². The number of benzene rings is 1. The molecule has 2 rings (SSSR count). The first-order chi connectivity index (χ1) is 8.19. The molecular weight excluding hydrogens is 234 g/mol. The summed E-state index contributed by atoms with van der Waals surface area (Å²) in [6, 6.07) is 5.58. The van der Waals surface area contributed by atoms with Crippen LogP contribution >= 0.6 is 0 Å². The third kappa shape index (κ3) is 3.22. The van der Waals surface area contributed by atoms with Gasteiger partial charge in [-0.1, -0.05) is 12.8 Å². The third-order valence-corrected chi connectivity index (χ3v) is 5.04. The Kier molecular flexibility index (Phi) is 4.05. The van der Waals surface area contributed by atoms with Gasteiger partial charge in [-0.05, 0) is 30.5 Å². The molecule has 0 amide bonds. The van der Waals surface area contributed by atoms with Crippen LogP contribution < -0.4 is 10.5 Å². The highest BCUT2D eigenvalue weighted by molar-refractivity contribution is 7.84. The second-order valence-electron chi connectivity index (χ2n) is 4.55. The summed E-state index contributed by atoms with van der Waals surface area (Å²) in [5.41, 5.74) is 7.46. The first-order valence-corrected chi connectivity index (χ1v) is 7.38. The minimum Gasteiger partial charge on any atom is -0.497 e. The van der Waals surface area contributed by atoms with E-state index in [4.69, 9.17) is 10.5 Å². The van der Waals surface area contributed by atoms with Crippen LogP contribution in [0.25, 0.3) is 0 Å². The van der Waals surface area contributed by atoms with Crippen molar-refractivity contribution in [2.45, 2.75) is 36.7 Å². The van der Waals surface area contributed by atoms with E-state index >= 15 is 0 Å². The van der Waals surface area contributed by atoms with Crippen molar-refractivity contribution in [3.63, 3.8) is 0 Å². The second-order valence-corrected chi connectivity index (χ2v) is 6.26. The summed E-state index contributed by atoms with van der Waals surface area (Å²) < 4.78 is 17.3. The van der Waals surface area contributed by atoms with Crippen LogP contribution in [0.4, 0.5) is 5.69 Å². The number of rotatable bonds is 4. The number of nitrogen functional groups attached to an aromatic ring is 1. The molecule has 0 radical (unpaired) electrons. The van der Waals surface area contributed by atoms with Gasteiger partial charge in [0, 0.05) is 33.6 Å². The molecule has 2 N–H and O–H groups in total. The molecule has 3 nitrogen and oxygen atoms in total. The summed E-state index contributed by atoms with van der Waals surface area (Å²) in [4.78, 5) is 0. The van der Waals surface area contributed by atoms with Gasteiger partial charge in [-0.25, -0.2) is 0 Å². The number of methoxy groups -OCH3 is 1. The lowest BCUT2D eigenvalue weighted by Gasteiger charge is -2.10. The Morgan fingerprint density at radius 1 is 1.35 bits per heavy atom. The molecule has 1 fully saturated rings. The Hall–Kier alpha value is -1.03. The molecule has 4 heteroatoms. The van der Waals surface area contributed by atoms with Crippen LogP contribution in [-0.2, 0) is 16.6 Å². The first-order valence-electron chi connectivity index (χ1n) is 5.99. The lowest BCUT2D eigenvalue weighted by Crippen LogP contribution is -2.12. The van der Waals surface area contributed by atoms with Crippen LogP contribution in [0.1, 0.15) is 31.2 Å². The highest BCUT2D eigenvalue weighted by Crippen LogP contribution is 2.26. The van der Waals surface area contributed by atoms with E-state index in [0.29, 0.717) is 16.7 Å². The Balaban J connectivity index is 2.06. The van der Waals surface area contributed by atoms with Gasteiger partial charge in [0.15, 0.2) is 0 Å². The summed E-state index contributed by atoms with van der Waals surface area (Å²) in [5.74, 6) is 1.33. The van der Waals surface area contributed by atoms with Crippen molar-refractivity contribution in [2.75, 3.05) is 12.8 Å². The second kappa shape index (κ2) is 5.54. The summed E-state index contributed by atoms with van der Waals surface area (Å²) in [7, 11) is 0.842. The minimum absolute atomic E-state index is 0.377. The maximum Gasteiger partial charge on any atom is 0.121 e. The van der Waals surface area contributed by atoms with Crippen molar-refractivity contribution in [2.24, 2.45) is 0 Å². The molecule has 1 saturated carbocycles. The van der Waals surface area contributed by atoms with Crippen LogP contribution in [0.15, 0.2) is 18.2 Å². The van der Waals surface area contributed by atoms with Gasteiger partial charge in [0.2, 0.25) is 0 Å². The van der Waals surface area contributed by atoms with E-state index in [0.717, 1.165) is 24.2 Å². The maximum atomic E-state index is 12.2. The predicted molar refractivity (Wildman–Crippen MR) is 71.5 cm³/mol. The molecule has 1 atom stereocenters. The predicted octanol–water partition coefficient (Wildman–Crippen LogP) is 2.47. The Bertz CT molecular complexity index is 414. The van der Waals surface area contributed by atoms with Crippen LogP contribution in [-0.4, -0.2) is 16.6 Å². The largest absolute Gasteiger partial charge is 0.497 e. The van der Waals surface area contributed by atoms with E-state index in [2.05, 4.69) is 0 Å². The molecule has 0 heterocycles. The fourth-order valence-corrected chi connectivity index (χ4v) is 3.91. The lowest BCUT2D eigenvalue weighted by atomic mass is 10.2. The molecule has 94 valence electrons. The third-order valence-electron chi connectivity index (χ3n) is 3.21. The molecule has 0 aromatic heterocycles. The van der Waals surface area contributed by atoms with Gasteiger partial charge in [-0.3, -0.25) is 4.21 Å². The highest BCUT2D eigenvalue weighted by Gasteiger charge is 2.21. The van der Waals surface area contributed by atoms with Crippen molar-refractivity contribution in [3.05, 3.63) is 23.8 Å². The van der Waals surface area contributed by atoms with Crippen molar-refractivity contribution in [1.82, 2.24) is 0 Å². The average Bonchev–Trinajstić information content (AvgIpc) is 2.81. The standard InChI is InChI=1S/C13H19NO2S/c1-16-12-7-10(6-11(14)8-12)9-17(15)13-4-2-3-5-13/h6-8,13H,2-5,9,14H2,1H3. The Morgan fingerprint density at radius 2 is 2.06 bits per heavy atom. The zero-order valence-corrected chi connectivity index (χ0v) is 11.0. The average molecular weight is 253 g/mol. The quantitative estimate of drug-likeness (QED) is 0.839. The molecule has 1 aromatic rings. The van der Waals surface area contributed by atoms with Gasteiger partial charge in [0.25, 0.3) is 0 Å². The van der Waals surface area contributed by atoms with E-state index in [1.165, 1.54) is 12.8 Å². The summed E-state index contributed by atoms with van der Waals surface area (Å²) in [5, 5.41) is 0.377. The summed E-state index contributed by atoms with van der Waals surface area (Å²) >= 11 is 0. The van der Waals surface area contributed by atoms with Crippen molar-refractivity contribution in [1.29, 1.82) is 0 Å². The fraction of sp³-hybridized carbons (Fsp3) is 0.538. The van der Waals surface area contributed by atoms with Gasteiger partial charge in [-0.2, -0.15) is 0 Å². The van der Waals surface area contributed by atoms with Crippen LogP contribution in [0.3, 0.4) is 0 Å². The SMILES string of the molecule is COc1cc(N)cc(CS(=O)C2CCCC2)c1. The fourth-order valence-electron chi connectivity index (χ4n) is 2.32. The molecule has 1 aliphatic rings. The zero-order chi connectivity index (χ0) is 12.3. The highest BCUT2D eigenvalue weighted by atomic mass is 32.2. The molecule has 0 aliphatic heterocycles. The normalized spacial score (nSPS) is 18.2. The van der Waals surface area contributed by atoms with Gasteiger partial charge in [0.1, 0.15) is 5.75 Å². The van der Waals surface area contributed by atoms with Gasteiger partial charge < -0.3 is 10.5 Å². The Labute approximate surface area is 105 Å². The van der Waals surface area contributed by atoms with E-state index < -0.39 is 10.8 Å². The molecule has 0 spiro atoms. The maximum absolute atomic E-state index is 12.2. The number of hydrogen-bond acceptors (Lipinski definition) is 3. The van der Waals surface area contributed by atoms with E-state index in [-0.39, 0.29) is 0 Å². The molecule has 1 unspecified atom stereocenters. The van der Waals surface area contributed by atoms with E-state index in [1.807, 2.05) is 12.1 Å². The minimum atomic E-state index is -0.776. The number of anilines is 1. The number of hydrogen-bond donors (Lipinski definition) is 1. The van der Waals surface area contributed by atoms with Crippen LogP contribution in [0, 0.1) is 0 Å². The molecule has 0 bridgehead atoms. The number of nitrogens with two attached hydrogens (primary N) is 1. The van der Waals surface area contributed by atoms with Crippen molar-refractivity contribution < 1.29 is 8.95 Å². The molecular formula is C13H19NO2S. The van der Waals surface area contributed by atoms with Gasteiger partial charge in [-0.15, -0.1) is 0 Å². The molecule has 1 aromatic carbocycles. The monoisotopic (exact) mass is 253 g/mol. The molecule has 0 saturated heterocycles. The lowest BCUT2D eigenvalue weighted by molar-refractivity contribution is 0.414. The van der Waals surface area contributed by atoms with Crippen molar-refractivity contribution >= 4 is 16.5 Å². The van der Waals surface area contributed by atoms with Crippen LogP contribution in [0.2, 0.25) is 0 Å². The van der Waals surface area contributed by atoms with Gasteiger partial charge in [0.05, 0.1) is 7.11 Å². The first kappa shape index (κ1) is 12.4. The van der Waals surface area contributed by atoms with Crippen molar-refractivity contribution in [3.8, 4) is 5.75 Å². The molecule has 17 heavy (non-hydrogen) atoms. The summed E-state index contributed by atoms with van der Waals surface area (Å²) in [6.45, 7) is 0. The molecule has 1 aliphatic carbocycles. The van der Waals surface area contributed by atoms with Gasteiger partial charge >= 0.3 is 0 Å². The zero-order valence-electron chi connectivity index (χ0n) is 10.1. The van der Waals surface area contributed by atoms with E-state index in [9.17, 15) is 4.21 Å². The Morgan fingerprint density at radius 3 is 2.71 bits per heavy atom. The number of ether oxygens (including phenoxy) is 1. The smallest absolute Gasteiger partial charge is 0.121 e. The summed E-state index contributed by atoms with van der Waals surface area (Å²) in [6.07, 6.45) is 4.64. The topological polar surface area (TPSA) is 52.3 Å². The van der Waals surface area contributed by atoms with Crippen LogP contribution in [0.5, 0.6) is 5.75 Å².